The molecule has 0 bridgehead atoms. The van der Waals surface area contributed by atoms with Gasteiger partial charge in [-0.1, -0.05) is 12.1 Å². The molecule has 2 aromatic rings. The van der Waals surface area contributed by atoms with E-state index in [1.165, 1.54) is 24.3 Å². The van der Waals surface area contributed by atoms with Crippen LogP contribution in [0.2, 0.25) is 0 Å². The summed E-state index contributed by atoms with van der Waals surface area (Å²) in [6.07, 6.45) is 0. The number of carbonyl (C=O) groups excluding carboxylic acids is 2. The maximum Gasteiger partial charge on any atom is 0.269 e. The van der Waals surface area contributed by atoms with Crippen LogP contribution in [0.4, 0.5) is 5.69 Å². The topological polar surface area (TPSA) is 123 Å². The van der Waals surface area contributed by atoms with Gasteiger partial charge in [0.1, 0.15) is 5.75 Å². The number of nitrogens with zero attached hydrogens (tertiary/aromatic N) is 1. The van der Waals surface area contributed by atoms with Crippen LogP contribution in [0.5, 0.6) is 5.75 Å². The van der Waals surface area contributed by atoms with Gasteiger partial charge in [-0.05, 0) is 43.4 Å². The van der Waals surface area contributed by atoms with Gasteiger partial charge in [-0.2, -0.15) is 0 Å². The average molecular weight is 388 g/mol. The van der Waals surface area contributed by atoms with E-state index in [2.05, 4.69) is 16.2 Å². The third kappa shape index (κ3) is 5.47. The van der Waals surface area contributed by atoms with E-state index >= 15 is 0 Å². The molecule has 0 aliphatic rings. The Morgan fingerprint density at radius 1 is 1.07 bits per heavy atom. The summed E-state index contributed by atoms with van der Waals surface area (Å²) in [5, 5.41) is 12.9. The Labute approximate surface area is 159 Å². The SMILES string of the molecule is CCOc1ccccc1C(=O)NC(=S)NNC(=O)c1ccc([N+](=O)[O-])cc1. The van der Waals surface area contributed by atoms with Crippen LogP contribution in [0, 0.1) is 10.1 Å². The Balaban J connectivity index is 1.91. The number of nitrogens with one attached hydrogen (secondary N) is 3. The normalized spacial score (nSPS) is 9.81. The van der Waals surface area contributed by atoms with E-state index in [0.29, 0.717) is 17.9 Å². The molecule has 140 valence electrons. The summed E-state index contributed by atoms with van der Waals surface area (Å²) in [7, 11) is 0. The third-order valence-corrected chi connectivity index (χ3v) is 3.49. The molecule has 0 aliphatic heterocycles. The van der Waals surface area contributed by atoms with Crippen molar-refractivity contribution in [3.05, 3.63) is 69.8 Å². The van der Waals surface area contributed by atoms with Crippen LogP contribution < -0.4 is 20.9 Å². The maximum absolute atomic E-state index is 12.3. The first-order chi connectivity index (χ1) is 12.9. The Morgan fingerprint density at radius 2 is 1.74 bits per heavy atom. The average Bonchev–Trinajstić information content (AvgIpc) is 2.66. The van der Waals surface area contributed by atoms with E-state index in [4.69, 9.17) is 17.0 Å². The molecule has 0 fully saturated rings. The zero-order valence-corrected chi connectivity index (χ0v) is 15.0. The number of ether oxygens (including phenoxy) is 1. The highest BCUT2D eigenvalue weighted by Crippen LogP contribution is 2.17. The molecule has 0 radical (unpaired) electrons. The van der Waals surface area contributed by atoms with Crippen molar-refractivity contribution >= 4 is 34.8 Å². The minimum Gasteiger partial charge on any atom is -0.493 e. The number of thiocarbonyl (C=S) groups is 1. The molecule has 3 N–H and O–H groups in total. The Morgan fingerprint density at radius 3 is 2.37 bits per heavy atom. The number of para-hydroxylation sites is 1. The molecule has 0 heterocycles. The number of hydrogen-bond acceptors (Lipinski definition) is 6. The summed E-state index contributed by atoms with van der Waals surface area (Å²) in [5.74, 6) is -0.660. The molecule has 0 saturated carbocycles. The Bertz CT molecular complexity index is 870. The van der Waals surface area contributed by atoms with Crippen molar-refractivity contribution < 1.29 is 19.2 Å². The quantitative estimate of drug-likeness (QED) is 0.406. The number of non-ortho nitro benzene ring substituents is 1. The molecule has 0 aromatic heterocycles. The standard InChI is InChI=1S/C17H16N4O5S/c1-2-26-14-6-4-3-5-13(14)16(23)18-17(27)20-19-15(22)11-7-9-12(10-8-11)21(24)25/h3-10H,2H2,1H3,(H,19,22)(H2,18,20,23,27). The largest absolute Gasteiger partial charge is 0.493 e. The monoisotopic (exact) mass is 388 g/mol. The summed E-state index contributed by atoms with van der Waals surface area (Å²) in [6.45, 7) is 2.20. The van der Waals surface area contributed by atoms with Gasteiger partial charge < -0.3 is 4.74 Å². The number of nitro groups is 1. The second kappa shape index (κ2) is 9.25. The fraction of sp³-hybridized carbons (Fsp3) is 0.118. The van der Waals surface area contributed by atoms with Gasteiger partial charge in [-0.3, -0.25) is 35.9 Å². The van der Waals surface area contributed by atoms with Crippen molar-refractivity contribution in [1.82, 2.24) is 16.2 Å². The van der Waals surface area contributed by atoms with Crippen molar-refractivity contribution in [3.8, 4) is 5.75 Å². The summed E-state index contributed by atoms with van der Waals surface area (Å²) < 4.78 is 5.38. The van der Waals surface area contributed by atoms with Crippen LogP contribution in [0.3, 0.4) is 0 Å². The van der Waals surface area contributed by atoms with Crippen LogP contribution in [0.15, 0.2) is 48.5 Å². The Hall–Kier alpha value is -3.53. The van der Waals surface area contributed by atoms with E-state index in [0.717, 1.165) is 0 Å². The molecule has 0 spiro atoms. The molecule has 0 atom stereocenters. The minimum atomic E-state index is -0.573. The van der Waals surface area contributed by atoms with Crippen molar-refractivity contribution in [2.45, 2.75) is 6.92 Å². The maximum atomic E-state index is 12.3. The molecule has 27 heavy (non-hydrogen) atoms. The van der Waals surface area contributed by atoms with Crippen molar-refractivity contribution in [1.29, 1.82) is 0 Å². The van der Waals surface area contributed by atoms with Gasteiger partial charge in [0.25, 0.3) is 17.5 Å². The van der Waals surface area contributed by atoms with Gasteiger partial charge in [0.2, 0.25) is 0 Å². The minimum absolute atomic E-state index is 0.124. The molecule has 0 saturated heterocycles. The van der Waals surface area contributed by atoms with Crippen molar-refractivity contribution in [2.75, 3.05) is 6.61 Å². The number of rotatable bonds is 5. The molecule has 10 heteroatoms. The fourth-order valence-corrected chi connectivity index (χ4v) is 2.20. The number of hydrazine groups is 1. The highest BCUT2D eigenvalue weighted by Gasteiger charge is 2.14. The molecular weight excluding hydrogens is 372 g/mol. The van der Waals surface area contributed by atoms with Gasteiger partial charge in [0, 0.05) is 17.7 Å². The smallest absolute Gasteiger partial charge is 0.269 e. The zero-order chi connectivity index (χ0) is 19.8. The van der Waals surface area contributed by atoms with Crippen molar-refractivity contribution in [2.24, 2.45) is 0 Å². The van der Waals surface area contributed by atoms with Crippen molar-refractivity contribution in [3.63, 3.8) is 0 Å². The van der Waals surface area contributed by atoms with Crippen LogP contribution in [0.25, 0.3) is 0 Å². The summed E-state index contributed by atoms with van der Waals surface area (Å²) in [6, 6.07) is 11.7. The highest BCUT2D eigenvalue weighted by atomic mass is 32.1. The fourth-order valence-electron chi connectivity index (χ4n) is 2.06. The van der Waals surface area contributed by atoms with Crippen LogP contribution >= 0.6 is 12.2 Å². The van der Waals surface area contributed by atoms with Gasteiger partial charge in [-0.25, -0.2) is 0 Å². The van der Waals surface area contributed by atoms with E-state index in [1.807, 2.05) is 0 Å². The highest BCUT2D eigenvalue weighted by molar-refractivity contribution is 7.80. The van der Waals surface area contributed by atoms with Gasteiger partial charge in [-0.15, -0.1) is 0 Å². The first kappa shape index (κ1) is 19.8. The number of carbonyl (C=O) groups is 2. The Kier molecular flexibility index (Phi) is 6.78. The lowest BCUT2D eigenvalue weighted by Crippen LogP contribution is -2.48. The molecule has 2 aromatic carbocycles. The van der Waals surface area contributed by atoms with E-state index < -0.39 is 16.7 Å². The second-order valence-electron chi connectivity index (χ2n) is 5.10. The first-order valence-electron chi connectivity index (χ1n) is 7.80. The molecule has 0 aliphatic carbocycles. The molecular formula is C17H16N4O5S. The lowest BCUT2D eigenvalue weighted by molar-refractivity contribution is -0.384. The molecule has 2 amide bonds. The van der Waals surface area contributed by atoms with Gasteiger partial charge in [0.15, 0.2) is 5.11 Å². The lowest BCUT2D eigenvalue weighted by Gasteiger charge is -2.12. The van der Waals surface area contributed by atoms with Crippen LogP contribution in [-0.2, 0) is 0 Å². The zero-order valence-electron chi connectivity index (χ0n) is 14.2. The summed E-state index contributed by atoms with van der Waals surface area (Å²) >= 11 is 4.97. The lowest BCUT2D eigenvalue weighted by atomic mass is 10.2. The number of amides is 2. The number of hydrogen-bond donors (Lipinski definition) is 3. The molecule has 9 nitrogen and oxygen atoms in total. The van der Waals surface area contributed by atoms with E-state index in [9.17, 15) is 19.7 Å². The summed E-state index contributed by atoms with van der Waals surface area (Å²) in [4.78, 5) is 34.3. The number of benzene rings is 2. The predicted molar refractivity (Wildman–Crippen MR) is 101 cm³/mol. The van der Waals surface area contributed by atoms with Crippen LogP contribution in [-0.4, -0.2) is 28.5 Å². The van der Waals surface area contributed by atoms with Gasteiger partial charge >= 0.3 is 0 Å². The van der Waals surface area contributed by atoms with E-state index in [-0.39, 0.29) is 16.4 Å². The second-order valence-corrected chi connectivity index (χ2v) is 5.50. The number of nitro benzene ring substituents is 1. The van der Waals surface area contributed by atoms with E-state index in [1.54, 1.807) is 31.2 Å². The van der Waals surface area contributed by atoms with Gasteiger partial charge in [0.05, 0.1) is 17.1 Å². The molecule has 0 unspecified atom stereocenters. The van der Waals surface area contributed by atoms with Crippen LogP contribution in [0.1, 0.15) is 27.6 Å². The predicted octanol–water partition coefficient (Wildman–Crippen LogP) is 1.94. The first-order valence-corrected chi connectivity index (χ1v) is 8.21. The summed E-state index contributed by atoms with van der Waals surface area (Å²) in [5.41, 5.74) is 5.04. The molecule has 2 rings (SSSR count). The third-order valence-electron chi connectivity index (χ3n) is 3.29.